The lowest BCUT2D eigenvalue weighted by Gasteiger charge is -2.24. The number of hydrogen-bond acceptors (Lipinski definition) is 4. The van der Waals surface area contributed by atoms with Gasteiger partial charge in [-0.3, -0.25) is 0 Å². The maximum atomic E-state index is 6.21. The van der Waals surface area contributed by atoms with E-state index in [2.05, 4.69) is 23.5 Å². The second-order valence-corrected chi connectivity index (χ2v) is 6.71. The number of benzene rings is 1. The Hall–Kier alpha value is -0.870. The van der Waals surface area contributed by atoms with Gasteiger partial charge in [0.25, 0.3) is 0 Å². The third-order valence-corrected chi connectivity index (χ3v) is 5.32. The molecular weight excluding hydrogens is 270 g/mol. The van der Waals surface area contributed by atoms with Gasteiger partial charge >= 0.3 is 0 Å². The molecular formula is C16H23NO2S. The Kier molecular flexibility index (Phi) is 4.73. The summed E-state index contributed by atoms with van der Waals surface area (Å²) in [6.07, 6.45) is 3.96. The smallest absolute Gasteiger partial charge is 0.161 e. The molecule has 1 aromatic carbocycles. The lowest BCUT2D eigenvalue weighted by Crippen LogP contribution is -2.23. The topological polar surface area (TPSA) is 30.5 Å². The number of methoxy groups -OCH3 is 1. The van der Waals surface area contributed by atoms with Crippen molar-refractivity contribution in [3.63, 3.8) is 0 Å². The van der Waals surface area contributed by atoms with Gasteiger partial charge in [-0.15, -0.1) is 0 Å². The molecule has 0 spiro atoms. The first-order chi connectivity index (χ1) is 9.86. The number of ether oxygens (including phenoxy) is 2. The fraction of sp³-hybridized carbons (Fsp3) is 0.625. The van der Waals surface area contributed by atoms with E-state index in [1.165, 1.54) is 24.2 Å². The molecule has 110 valence electrons. The number of thioether (sulfide) groups is 1. The molecule has 2 heterocycles. The molecule has 3 nitrogen and oxygen atoms in total. The van der Waals surface area contributed by atoms with Crippen molar-refractivity contribution in [2.45, 2.75) is 31.3 Å². The molecule has 4 heteroatoms. The third kappa shape index (κ3) is 3.23. The predicted molar refractivity (Wildman–Crippen MR) is 84.2 cm³/mol. The van der Waals surface area contributed by atoms with Crippen LogP contribution in [0.25, 0.3) is 0 Å². The summed E-state index contributed by atoms with van der Waals surface area (Å²) in [5, 5.41) is 3.42. The molecule has 2 aliphatic rings. The van der Waals surface area contributed by atoms with Gasteiger partial charge in [0.05, 0.1) is 7.11 Å². The van der Waals surface area contributed by atoms with E-state index in [1.807, 2.05) is 11.8 Å². The summed E-state index contributed by atoms with van der Waals surface area (Å²) >= 11 is 1.99. The number of nitrogens with one attached hydrogen (secondary N) is 1. The van der Waals surface area contributed by atoms with Crippen molar-refractivity contribution in [2.24, 2.45) is 0 Å². The Labute approximate surface area is 125 Å². The molecule has 0 aliphatic carbocycles. The van der Waals surface area contributed by atoms with Crippen molar-refractivity contribution in [2.75, 3.05) is 31.7 Å². The summed E-state index contributed by atoms with van der Waals surface area (Å²) in [5.74, 6) is 4.76. The van der Waals surface area contributed by atoms with Crippen LogP contribution in [0.2, 0.25) is 0 Å². The Balaban J connectivity index is 1.76. The van der Waals surface area contributed by atoms with Gasteiger partial charge in [-0.25, -0.2) is 0 Å². The van der Waals surface area contributed by atoms with E-state index in [0.29, 0.717) is 12.0 Å². The van der Waals surface area contributed by atoms with Crippen LogP contribution in [-0.2, 0) is 0 Å². The average molecular weight is 293 g/mol. The molecule has 2 unspecified atom stereocenters. The normalized spacial score (nSPS) is 26.4. The second-order valence-electron chi connectivity index (χ2n) is 5.56. The zero-order valence-electron chi connectivity index (χ0n) is 12.1. The maximum absolute atomic E-state index is 6.21. The minimum atomic E-state index is 0.333. The van der Waals surface area contributed by atoms with E-state index >= 15 is 0 Å². The highest BCUT2D eigenvalue weighted by Gasteiger charge is 2.21. The zero-order chi connectivity index (χ0) is 13.8. The van der Waals surface area contributed by atoms with Gasteiger partial charge in [-0.2, -0.15) is 11.8 Å². The summed E-state index contributed by atoms with van der Waals surface area (Å²) in [4.78, 5) is 0. The summed E-state index contributed by atoms with van der Waals surface area (Å²) in [6.45, 7) is 2.19. The molecule has 1 aromatic rings. The van der Waals surface area contributed by atoms with Crippen LogP contribution in [0, 0.1) is 0 Å². The summed E-state index contributed by atoms with van der Waals surface area (Å²) < 4.78 is 11.7. The van der Waals surface area contributed by atoms with E-state index in [4.69, 9.17) is 9.47 Å². The molecule has 0 saturated carbocycles. The van der Waals surface area contributed by atoms with Gasteiger partial charge in [0, 0.05) is 12.3 Å². The molecule has 1 N–H and O–H groups in total. The van der Waals surface area contributed by atoms with Gasteiger partial charge in [-0.1, -0.05) is 6.07 Å². The Morgan fingerprint density at radius 3 is 2.90 bits per heavy atom. The van der Waals surface area contributed by atoms with Crippen LogP contribution in [0.15, 0.2) is 18.2 Å². The van der Waals surface area contributed by atoms with Gasteiger partial charge in [0.15, 0.2) is 11.5 Å². The standard InChI is InChI=1S/C16H23NO2S/c1-18-15-5-4-12(13-6-7-17-10-13)9-16(15)19-14-3-2-8-20-11-14/h4-5,9,13-14,17H,2-3,6-8,10-11H2,1H3. The number of hydrogen-bond donors (Lipinski definition) is 1. The molecule has 2 saturated heterocycles. The first kappa shape index (κ1) is 14.1. The second kappa shape index (κ2) is 6.72. The molecule has 2 aliphatic heterocycles. The molecule has 2 fully saturated rings. The van der Waals surface area contributed by atoms with Crippen LogP contribution in [0.4, 0.5) is 0 Å². The van der Waals surface area contributed by atoms with Gasteiger partial charge in [0.1, 0.15) is 6.10 Å². The minimum Gasteiger partial charge on any atom is -0.493 e. The fourth-order valence-corrected chi connectivity index (χ4v) is 4.00. The van der Waals surface area contributed by atoms with Crippen molar-refractivity contribution in [3.8, 4) is 11.5 Å². The number of rotatable bonds is 4. The Morgan fingerprint density at radius 2 is 2.20 bits per heavy atom. The molecule has 0 bridgehead atoms. The van der Waals surface area contributed by atoms with Crippen molar-refractivity contribution in [1.29, 1.82) is 0 Å². The van der Waals surface area contributed by atoms with E-state index in [-0.39, 0.29) is 0 Å². The van der Waals surface area contributed by atoms with Crippen molar-refractivity contribution >= 4 is 11.8 Å². The average Bonchev–Trinajstić information content (AvgIpc) is 3.02. The third-order valence-electron chi connectivity index (χ3n) is 4.13. The molecule has 0 radical (unpaired) electrons. The lowest BCUT2D eigenvalue weighted by atomic mass is 9.98. The molecule has 2 atom stereocenters. The van der Waals surface area contributed by atoms with Crippen molar-refractivity contribution in [1.82, 2.24) is 5.32 Å². The molecule has 3 rings (SSSR count). The summed E-state index contributed by atoms with van der Waals surface area (Å²) in [7, 11) is 1.72. The van der Waals surface area contributed by atoms with Gasteiger partial charge in [0.2, 0.25) is 0 Å². The Morgan fingerprint density at radius 1 is 1.25 bits per heavy atom. The van der Waals surface area contributed by atoms with Gasteiger partial charge < -0.3 is 14.8 Å². The molecule has 0 amide bonds. The van der Waals surface area contributed by atoms with Crippen LogP contribution >= 0.6 is 11.8 Å². The van der Waals surface area contributed by atoms with Gasteiger partial charge in [-0.05, 0) is 55.2 Å². The predicted octanol–water partition coefficient (Wildman–Crippen LogP) is 3.05. The SMILES string of the molecule is COc1ccc(C2CCNC2)cc1OC1CCCSC1. The first-order valence-corrected chi connectivity index (χ1v) is 8.65. The van der Waals surface area contributed by atoms with E-state index < -0.39 is 0 Å². The van der Waals surface area contributed by atoms with Crippen molar-refractivity contribution < 1.29 is 9.47 Å². The Bertz CT molecular complexity index is 440. The summed E-state index contributed by atoms with van der Waals surface area (Å²) in [5.41, 5.74) is 1.37. The largest absolute Gasteiger partial charge is 0.493 e. The summed E-state index contributed by atoms with van der Waals surface area (Å²) in [6, 6.07) is 6.42. The van der Waals surface area contributed by atoms with E-state index in [9.17, 15) is 0 Å². The highest BCUT2D eigenvalue weighted by molar-refractivity contribution is 7.99. The molecule has 20 heavy (non-hydrogen) atoms. The van der Waals surface area contributed by atoms with Crippen LogP contribution in [0.5, 0.6) is 11.5 Å². The van der Waals surface area contributed by atoms with E-state index in [1.54, 1.807) is 7.11 Å². The zero-order valence-corrected chi connectivity index (χ0v) is 12.9. The molecule has 0 aromatic heterocycles. The highest BCUT2D eigenvalue weighted by Crippen LogP contribution is 2.34. The monoisotopic (exact) mass is 293 g/mol. The van der Waals surface area contributed by atoms with Crippen LogP contribution in [-0.4, -0.2) is 37.8 Å². The first-order valence-electron chi connectivity index (χ1n) is 7.50. The lowest BCUT2D eigenvalue weighted by molar-refractivity contribution is 0.202. The fourth-order valence-electron chi connectivity index (χ4n) is 2.96. The van der Waals surface area contributed by atoms with Crippen LogP contribution < -0.4 is 14.8 Å². The van der Waals surface area contributed by atoms with E-state index in [0.717, 1.165) is 36.8 Å². The van der Waals surface area contributed by atoms with Crippen LogP contribution in [0.1, 0.15) is 30.7 Å². The van der Waals surface area contributed by atoms with Crippen LogP contribution in [0.3, 0.4) is 0 Å². The quantitative estimate of drug-likeness (QED) is 0.924. The minimum absolute atomic E-state index is 0.333. The van der Waals surface area contributed by atoms with Crippen molar-refractivity contribution in [3.05, 3.63) is 23.8 Å². The maximum Gasteiger partial charge on any atom is 0.161 e. The highest BCUT2D eigenvalue weighted by atomic mass is 32.2.